The fourth-order valence-electron chi connectivity index (χ4n) is 3.04. The Bertz CT molecular complexity index is 841. The summed E-state index contributed by atoms with van der Waals surface area (Å²) in [6.45, 7) is 0. The summed E-state index contributed by atoms with van der Waals surface area (Å²) in [6, 6.07) is 4.37. The molecule has 1 aromatic carbocycles. The Morgan fingerprint density at radius 3 is 2.15 bits per heavy atom. The Labute approximate surface area is 160 Å². The maximum absolute atomic E-state index is 12.4. The summed E-state index contributed by atoms with van der Waals surface area (Å²) in [5.41, 5.74) is 0.454. The number of carbonyl (C=O) groups is 2. The zero-order chi connectivity index (χ0) is 19.7. The molecule has 0 atom stereocenters. The van der Waals surface area contributed by atoms with Gasteiger partial charge >= 0.3 is 11.9 Å². The quantitative estimate of drug-likeness (QED) is 0.431. The van der Waals surface area contributed by atoms with Crippen molar-refractivity contribution in [1.82, 2.24) is 4.90 Å². The Morgan fingerprint density at radius 2 is 1.70 bits per heavy atom. The summed E-state index contributed by atoms with van der Waals surface area (Å²) in [7, 11) is 2.48. The van der Waals surface area contributed by atoms with Crippen LogP contribution in [0.2, 0.25) is 5.02 Å². The maximum atomic E-state index is 12.4. The van der Waals surface area contributed by atoms with E-state index in [4.69, 9.17) is 21.1 Å². The molecule has 1 heterocycles. The normalized spacial score (nSPS) is 17.1. The maximum Gasteiger partial charge on any atom is 0.336 e. The van der Waals surface area contributed by atoms with E-state index in [1.807, 2.05) is 0 Å². The summed E-state index contributed by atoms with van der Waals surface area (Å²) in [6.07, 6.45) is 5.13. The first-order chi connectivity index (χ1) is 12.9. The van der Waals surface area contributed by atoms with Gasteiger partial charge in [0, 0.05) is 24.5 Å². The summed E-state index contributed by atoms with van der Waals surface area (Å²) in [4.78, 5) is 37.3. The van der Waals surface area contributed by atoms with Crippen LogP contribution in [0.5, 0.6) is 0 Å². The molecule has 142 valence electrons. The van der Waals surface area contributed by atoms with E-state index in [0.29, 0.717) is 5.56 Å². The van der Waals surface area contributed by atoms with Gasteiger partial charge in [0.05, 0.1) is 36.2 Å². The molecule has 0 N–H and O–H groups in total. The Kier molecular flexibility index (Phi) is 5.18. The third-order valence-corrected chi connectivity index (χ3v) is 4.83. The van der Waals surface area contributed by atoms with Crippen molar-refractivity contribution in [2.45, 2.75) is 24.8 Å². The molecule has 1 aromatic rings. The van der Waals surface area contributed by atoms with Gasteiger partial charge in [-0.2, -0.15) is 0 Å². The van der Waals surface area contributed by atoms with Crippen LogP contribution in [-0.4, -0.2) is 42.0 Å². The molecule has 1 fully saturated rings. The number of hydrogen-bond acceptors (Lipinski definition) is 7. The van der Waals surface area contributed by atoms with Gasteiger partial charge in [0.15, 0.2) is 0 Å². The molecule has 2 aliphatic rings. The van der Waals surface area contributed by atoms with Gasteiger partial charge in [-0.3, -0.25) is 10.1 Å². The second-order valence-electron chi connectivity index (χ2n) is 6.23. The highest BCUT2D eigenvalue weighted by molar-refractivity contribution is 6.32. The molecule has 0 bridgehead atoms. The lowest BCUT2D eigenvalue weighted by Crippen LogP contribution is -2.29. The molecule has 27 heavy (non-hydrogen) atoms. The van der Waals surface area contributed by atoms with E-state index in [2.05, 4.69) is 0 Å². The third-order valence-electron chi connectivity index (χ3n) is 4.51. The highest BCUT2D eigenvalue weighted by Gasteiger charge is 2.39. The minimum atomic E-state index is -0.865. The Hall–Kier alpha value is -2.87. The van der Waals surface area contributed by atoms with Gasteiger partial charge in [-0.15, -0.1) is 0 Å². The van der Waals surface area contributed by atoms with E-state index < -0.39 is 22.8 Å². The first-order valence-corrected chi connectivity index (χ1v) is 8.56. The smallest absolute Gasteiger partial charge is 0.336 e. The second kappa shape index (κ2) is 7.40. The lowest BCUT2D eigenvalue weighted by molar-refractivity contribution is -0.384. The number of hydrogen-bond donors (Lipinski definition) is 0. The average Bonchev–Trinajstić information content (AvgIpc) is 3.51. The van der Waals surface area contributed by atoms with E-state index in [9.17, 15) is 19.7 Å². The summed E-state index contributed by atoms with van der Waals surface area (Å²) >= 11 is 5.89. The van der Waals surface area contributed by atoms with Crippen molar-refractivity contribution in [3.63, 3.8) is 0 Å². The number of nitro groups is 1. The van der Waals surface area contributed by atoms with Crippen molar-refractivity contribution >= 4 is 29.2 Å². The van der Waals surface area contributed by atoms with Crippen LogP contribution >= 0.6 is 11.6 Å². The van der Waals surface area contributed by atoms with Gasteiger partial charge in [0.1, 0.15) is 5.02 Å². The number of rotatable bonds is 5. The Morgan fingerprint density at radius 1 is 1.15 bits per heavy atom. The molecule has 0 aromatic heterocycles. The fraction of sp³-hybridized carbons (Fsp3) is 0.333. The summed E-state index contributed by atoms with van der Waals surface area (Å²) in [5, 5.41) is 11.2. The van der Waals surface area contributed by atoms with E-state index >= 15 is 0 Å². The second-order valence-corrected chi connectivity index (χ2v) is 6.64. The van der Waals surface area contributed by atoms with Gasteiger partial charge in [-0.25, -0.2) is 9.59 Å². The molecular formula is C18H17ClN2O6. The molecule has 8 nitrogen and oxygen atoms in total. The van der Waals surface area contributed by atoms with Gasteiger partial charge in [-0.1, -0.05) is 17.7 Å². The van der Waals surface area contributed by atoms with Crippen LogP contribution < -0.4 is 0 Å². The van der Waals surface area contributed by atoms with Crippen molar-refractivity contribution in [2.75, 3.05) is 14.2 Å². The first kappa shape index (κ1) is 18.9. The van der Waals surface area contributed by atoms with Crippen LogP contribution in [-0.2, 0) is 19.1 Å². The highest BCUT2D eigenvalue weighted by Crippen LogP contribution is 2.42. The van der Waals surface area contributed by atoms with Gasteiger partial charge in [-0.05, 0) is 24.5 Å². The molecule has 9 heteroatoms. The number of benzene rings is 1. The number of esters is 2. The molecule has 1 aliphatic heterocycles. The van der Waals surface area contributed by atoms with Crippen molar-refractivity contribution in [3.05, 3.63) is 62.4 Å². The largest absolute Gasteiger partial charge is 0.466 e. The number of nitro benzene ring substituents is 1. The minimum absolute atomic E-state index is 0.0358. The minimum Gasteiger partial charge on any atom is -0.466 e. The van der Waals surface area contributed by atoms with Crippen molar-refractivity contribution in [3.8, 4) is 0 Å². The predicted molar refractivity (Wildman–Crippen MR) is 95.9 cm³/mol. The number of ether oxygens (including phenoxy) is 2. The van der Waals surface area contributed by atoms with Crippen molar-refractivity contribution < 1.29 is 24.0 Å². The number of nitrogens with zero attached hydrogens (tertiary/aromatic N) is 2. The number of carbonyl (C=O) groups excluding carboxylic acids is 2. The predicted octanol–water partition coefficient (Wildman–Crippen LogP) is 2.92. The van der Waals surface area contributed by atoms with Gasteiger partial charge in [0.25, 0.3) is 5.69 Å². The van der Waals surface area contributed by atoms with E-state index in [-0.39, 0.29) is 27.9 Å². The SMILES string of the molecule is COC(=O)C1=CN(C2CC2)C=C(C(=O)OC)C1c1ccc(Cl)c([N+](=O)[O-])c1. The highest BCUT2D eigenvalue weighted by atomic mass is 35.5. The zero-order valence-electron chi connectivity index (χ0n) is 14.7. The molecular weight excluding hydrogens is 376 g/mol. The number of halogens is 1. The molecule has 3 rings (SSSR count). The van der Waals surface area contributed by atoms with E-state index in [1.54, 1.807) is 23.4 Å². The first-order valence-electron chi connectivity index (χ1n) is 8.18. The van der Waals surface area contributed by atoms with Gasteiger partial charge < -0.3 is 14.4 Å². The average molecular weight is 393 g/mol. The van der Waals surface area contributed by atoms with Crippen LogP contribution in [0.4, 0.5) is 5.69 Å². The monoisotopic (exact) mass is 392 g/mol. The summed E-state index contributed by atoms with van der Waals surface area (Å²) < 4.78 is 9.76. The summed E-state index contributed by atoms with van der Waals surface area (Å²) in [5.74, 6) is -2.12. The third kappa shape index (κ3) is 3.66. The molecule has 1 saturated carbocycles. The van der Waals surface area contributed by atoms with Crippen LogP contribution in [0.1, 0.15) is 24.3 Å². The van der Waals surface area contributed by atoms with Crippen LogP contribution in [0.3, 0.4) is 0 Å². The van der Waals surface area contributed by atoms with Crippen molar-refractivity contribution in [1.29, 1.82) is 0 Å². The molecule has 0 saturated heterocycles. The van der Waals surface area contributed by atoms with Gasteiger partial charge in [0.2, 0.25) is 0 Å². The lowest BCUT2D eigenvalue weighted by Gasteiger charge is -2.30. The Balaban J connectivity index is 2.15. The zero-order valence-corrected chi connectivity index (χ0v) is 15.4. The molecule has 0 spiro atoms. The standard InChI is InChI=1S/C18H17ClN2O6/c1-26-17(22)12-8-20(11-4-5-11)9-13(18(23)27-2)16(12)10-3-6-14(19)15(7-10)21(24)25/h3,6-9,11,16H,4-5H2,1-2H3. The van der Waals surface area contributed by atoms with E-state index in [0.717, 1.165) is 12.8 Å². The molecule has 0 unspecified atom stereocenters. The van der Waals surface area contributed by atoms with Crippen LogP contribution in [0.15, 0.2) is 41.7 Å². The topological polar surface area (TPSA) is 99.0 Å². The number of methoxy groups -OCH3 is 2. The van der Waals surface area contributed by atoms with Crippen LogP contribution in [0, 0.1) is 10.1 Å². The molecule has 0 radical (unpaired) electrons. The van der Waals surface area contributed by atoms with Crippen molar-refractivity contribution in [2.24, 2.45) is 0 Å². The van der Waals surface area contributed by atoms with Crippen LogP contribution in [0.25, 0.3) is 0 Å². The van der Waals surface area contributed by atoms with E-state index in [1.165, 1.54) is 26.4 Å². The lowest BCUT2D eigenvalue weighted by atomic mass is 9.83. The fourth-order valence-corrected chi connectivity index (χ4v) is 3.23. The molecule has 0 amide bonds. The molecule has 1 aliphatic carbocycles.